The van der Waals surface area contributed by atoms with Crippen LogP contribution in [0.15, 0.2) is 24.3 Å². The molecule has 2 N–H and O–H groups in total. The number of anilines is 2. The predicted molar refractivity (Wildman–Crippen MR) is 84.8 cm³/mol. The van der Waals surface area contributed by atoms with Gasteiger partial charge in [-0.15, -0.1) is 0 Å². The van der Waals surface area contributed by atoms with E-state index in [1.54, 1.807) is 7.05 Å². The molecule has 2 aromatic rings. The van der Waals surface area contributed by atoms with Crippen LogP contribution in [0, 0.1) is 11.3 Å². The average Bonchev–Trinajstić information content (AvgIpc) is 2.54. The first-order chi connectivity index (χ1) is 10.6. The lowest BCUT2D eigenvalue weighted by atomic mass is 9.79. The second-order valence-corrected chi connectivity index (χ2v) is 5.60. The lowest BCUT2D eigenvalue weighted by Gasteiger charge is -2.33. The largest absolute Gasteiger partial charge is 0.357 e. The fourth-order valence-electron chi connectivity index (χ4n) is 2.70. The molecule has 112 valence electrons. The van der Waals surface area contributed by atoms with Crippen LogP contribution in [-0.2, 0) is 12.8 Å². The minimum absolute atomic E-state index is 0.0890. The van der Waals surface area contributed by atoms with Gasteiger partial charge in [-0.1, -0.05) is 24.3 Å². The van der Waals surface area contributed by atoms with Crippen LogP contribution in [-0.4, -0.2) is 27.5 Å². The number of benzene rings is 1. The third kappa shape index (κ3) is 2.81. The first kappa shape index (κ1) is 14.5. The second kappa shape index (κ2) is 5.78. The number of hydrogen-bond donors (Lipinski definition) is 2. The molecular weight excluding hydrogens is 300 g/mol. The number of nitriles is 1. The highest BCUT2D eigenvalue weighted by atomic mass is 35.5. The summed E-state index contributed by atoms with van der Waals surface area (Å²) in [6.07, 6.45) is 2.14. The normalized spacial score (nSPS) is 19.9. The van der Waals surface area contributed by atoms with Crippen LogP contribution in [0.1, 0.15) is 17.5 Å². The van der Waals surface area contributed by atoms with E-state index in [0.717, 1.165) is 6.42 Å². The Morgan fingerprint density at radius 2 is 1.91 bits per heavy atom. The molecule has 0 amide bonds. The zero-order valence-corrected chi connectivity index (χ0v) is 12.9. The van der Waals surface area contributed by atoms with Crippen LogP contribution < -0.4 is 10.6 Å². The summed E-state index contributed by atoms with van der Waals surface area (Å²) in [4.78, 5) is 12.2. The summed E-state index contributed by atoms with van der Waals surface area (Å²) in [6.45, 7) is 0. The molecule has 0 aliphatic heterocycles. The van der Waals surface area contributed by atoms with Gasteiger partial charge in [0, 0.05) is 13.5 Å². The number of rotatable bonds is 3. The van der Waals surface area contributed by atoms with Crippen molar-refractivity contribution < 1.29 is 0 Å². The van der Waals surface area contributed by atoms with Crippen molar-refractivity contribution in [3.05, 3.63) is 40.7 Å². The topological polar surface area (TPSA) is 86.5 Å². The summed E-state index contributed by atoms with van der Waals surface area (Å²) in [5.74, 6) is 0.678. The van der Waals surface area contributed by atoms with Crippen LogP contribution in [0.5, 0.6) is 0 Å². The van der Waals surface area contributed by atoms with Gasteiger partial charge in [-0.3, -0.25) is 0 Å². The van der Waals surface area contributed by atoms with Crippen LogP contribution in [0.25, 0.3) is 0 Å². The Hall–Kier alpha value is -2.39. The van der Waals surface area contributed by atoms with Crippen molar-refractivity contribution in [2.45, 2.75) is 24.8 Å². The third-order valence-corrected chi connectivity index (χ3v) is 4.00. The Kier molecular flexibility index (Phi) is 3.82. The van der Waals surface area contributed by atoms with Gasteiger partial charge >= 0.3 is 0 Å². The molecule has 7 heteroatoms. The van der Waals surface area contributed by atoms with E-state index in [1.165, 1.54) is 11.1 Å². The number of hydrogen-bond acceptors (Lipinski definition) is 6. The maximum atomic E-state index is 9.69. The molecular formula is C15H15ClN6. The highest BCUT2D eigenvalue weighted by Gasteiger charge is 2.35. The van der Waals surface area contributed by atoms with E-state index in [9.17, 15) is 5.26 Å². The summed E-state index contributed by atoms with van der Waals surface area (Å²) < 4.78 is 0. The Labute approximate surface area is 133 Å². The number of nitrogens with one attached hydrogen (secondary N) is 2. The second-order valence-electron chi connectivity index (χ2n) is 5.27. The van der Waals surface area contributed by atoms with Crippen molar-refractivity contribution in [1.82, 2.24) is 15.0 Å². The Morgan fingerprint density at radius 3 is 2.64 bits per heavy atom. The molecule has 6 nitrogen and oxygen atoms in total. The van der Waals surface area contributed by atoms with Crippen molar-refractivity contribution in [3.8, 4) is 6.07 Å². The molecule has 22 heavy (non-hydrogen) atoms. The lowest BCUT2D eigenvalue weighted by molar-refractivity contribution is 0.503. The summed E-state index contributed by atoms with van der Waals surface area (Å²) in [5.41, 5.74) is 1.74. The standard InChI is InChI=1S/C15H15ClN6/c1-18-13-19-12(16)20-14(21-13)22-15(9-17)7-6-10-4-2-3-5-11(10)8-15/h2-5H,6-8H2,1H3,(H2,18,19,20,21,22). The molecule has 0 saturated heterocycles. The van der Waals surface area contributed by atoms with Crippen LogP contribution in [0.3, 0.4) is 0 Å². The van der Waals surface area contributed by atoms with Gasteiger partial charge < -0.3 is 10.6 Å². The first-order valence-electron chi connectivity index (χ1n) is 7.00. The molecule has 1 heterocycles. The summed E-state index contributed by atoms with van der Waals surface area (Å²) >= 11 is 5.89. The Balaban J connectivity index is 1.90. The SMILES string of the molecule is CNc1nc(Cl)nc(NC2(C#N)CCc3ccccc3C2)n1. The van der Waals surface area contributed by atoms with Crippen LogP contribution in [0.2, 0.25) is 5.28 Å². The van der Waals surface area contributed by atoms with Crippen molar-refractivity contribution >= 4 is 23.5 Å². The minimum Gasteiger partial charge on any atom is -0.357 e. The van der Waals surface area contributed by atoms with Crippen molar-refractivity contribution in [1.29, 1.82) is 5.26 Å². The lowest BCUT2D eigenvalue weighted by Crippen LogP contribution is -2.43. The van der Waals surface area contributed by atoms with Gasteiger partial charge in [0.15, 0.2) is 0 Å². The number of aryl methyl sites for hydroxylation is 1. The molecule has 0 radical (unpaired) electrons. The molecule has 0 saturated carbocycles. The fourth-order valence-corrected chi connectivity index (χ4v) is 2.86. The van der Waals surface area contributed by atoms with E-state index in [4.69, 9.17) is 11.6 Å². The molecule has 1 aliphatic rings. The molecule has 1 aliphatic carbocycles. The number of fused-ring (bicyclic) bond motifs is 1. The quantitative estimate of drug-likeness (QED) is 0.905. The van der Waals surface area contributed by atoms with Crippen molar-refractivity contribution in [3.63, 3.8) is 0 Å². The Morgan fingerprint density at radius 1 is 1.18 bits per heavy atom. The van der Waals surface area contributed by atoms with E-state index in [0.29, 0.717) is 24.7 Å². The molecule has 1 unspecified atom stereocenters. The molecule has 0 bridgehead atoms. The average molecular weight is 315 g/mol. The minimum atomic E-state index is -0.732. The molecule has 1 atom stereocenters. The summed E-state index contributed by atoms with van der Waals surface area (Å²) in [7, 11) is 1.70. The van der Waals surface area contributed by atoms with Gasteiger partial charge in [0.2, 0.25) is 17.2 Å². The van der Waals surface area contributed by atoms with E-state index < -0.39 is 5.54 Å². The van der Waals surface area contributed by atoms with Crippen molar-refractivity contribution in [2.75, 3.05) is 17.7 Å². The van der Waals surface area contributed by atoms with Gasteiger partial charge in [0.1, 0.15) is 5.54 Å². The predicted octanol–water partition coefficient (Wildman–Crippen LogP) is 2.43. The van der Waals surface area contributed by atoms with Gasteiger partial charge in [0.25, 0.3) is 0 Å². The maximum Gasteiger partial charge on any atom is 0.230 e. The van der Waals surface area contributed by atoms with Gasteiger partial charge in [-0.05, 0) is 35.6 Å². The van der Waals surface area contributed by atoms with Crippen molar-refractivity contribution in [2.24, 2.45) is 0 Å². The maximum absolute atomic E-state index is 9.69. The fraction of sp³-hybridized carbons (Fsp3) is 0.333. The summed E-state index contributed by atoms with van der Waals surface area (Å²) in [6, 6.07) is 10.6. The molecule has 0 fully saturated rings. The van der Waals surface area contributed by atoms with Crippen LogP contribution >= 0.6 is 11.6 Å². The third-order valence-electron chi connectivity index (χ3n) is 3.83. The van der Waals surface area contributed by atoms with Gasteiger partial charge in [0.05, 0.1) is 6.07 Å². The molecule has 1 aromatic carbocycles. The summed E-state index contributed by atoms with van der Waals surface area (Å²) in [5, 5.41) is 15.8. The number of aromatic nitrogens is 3. The molecule has 0 spiro atoms. The van der Waals surface area contributed by atoms with E-state index >= 15 is 0 Å². The number of nitrogens with zero attached hydrogens (tertiary/aromatic N) is 4. The first-order valence-corrected chi connectivity index (χ1v) is 7.37. The Bertz CT molecular complexity index is 741. The van der Waals surface area contributed by atoms with E-state index in [1.807, 2.05) is 12.1 Å². The smallest absolute Gasteiger partial charge is 0.230 e. The zero-order chi connectivity index (χ0) is 15.6. The molecule has 1 aromatic heterocycles. The monoisotopic (exact) mass is 314 g/mol. The molecule has 3 rings (SSSR count). The highest BCUT2D eigenvalue weighted by molar-refractivity contribution is 6.28. The van der Waals surface area contributed by atoms with Gasteiger partial charge in [-0.25, -0.2) is 0 Å². The number of halogens is 1. The van der Waals surface area contributed by atoms with E-state index in [-0.39, 0.29) is 5.28 Å². The van der Waals surface area contributed by atoms with Gasteiger partial charge in [-0.2, -0.15) is 20.2 Å². The zero-order valence-electron chi connectivity index (χ0n) is 12.1. The van der Waals surface area contributed by atoms with E-state index in [2.05, 4.69) is 43.8 Å². The highest BCUT2D eigenvalue weighted by Crippen LogP contribution is 2.30. The van der Waals surface area contributed by atoms with Crippen LogP contribution in [0.4, 0.5) is 11.9 Å².